The molecule has 0 atom stereocenters. The highest BCUT2D eigenvalue weighted by Gasteiger charge is 2.12. The SMILES string of the molecule is CNCCCNCC1OCCCO1. The van der Waals surface area contributed by atoms with Gasteiger partial charge in [-0.25, -0.2) is 0 Å². The lowest BCUT2D eigenvalue weighted by molar-refractivity contribution is -0.175. The molecule has 1 fully saturated rings. The second-order valence-electron chi connectivity index (χ2n) is 3.19. The molecule has 1 saturated heterocycles. The van der Waals surface area contributed by atoms with E-state index in [1.54, 1.807) is 0 Å². The highest BCUT2D eigenvalue weighted by atomic mass is 16.7. The van der Waals surface area contributed by atoms with E-state index >= 15 is 0 Å². The molecule has 2 N–H and O–H groups in total. The Morgan fingerprint density at radius 2 is 2.00 bits per heavy atom. The molecule has 1 aliphatic heterocycles. The molecule has 0 unspecified atom stereocenters. The number of ether oxygens (including phenoxy) is 2. The van der Waals surface area contributed by atoms with Gasteiger partial charge in [0.15, 0.2) is 6.29 Å². The molecule has 1 heterocycles. The van der Waals surface area contributed by atoms with Crippen molar-refractivity contribution in [1.29, 1.82) is 0 Å². The molecule has 78 valence electrons. The molecule has 0 aromatic carbocycles. The van der Waals surface area contributed by atoms with Crippen molar-refractivity contribution in [3.8, 4) is 0 Å². The third kappa shape index (κ3) is 5.21. The highest BCUT2D eigenvalue weighted by molar-refractivity contribution is 4.56. The summed E-state index contributed by atoms with van der Waals surface area (Å²) in [5.74, 6) is 0. The van der Waals surface area contributed by atoms with E-state index in [2.05, 4.69) is 10.6 Å². The van der Waals surface area contributed by atoms with E-state index in [0.717, 1.165) is 45.7 Å². The molecule has 4 nitrogen and oxygen atoms in total. The minimum Gasteiger partial charge on any atom is -0.351 e. The Kier molecular flexibility index (Phi) is 6.10. The first-order valence-corrected chi connectivity index (χ1v) is 5.02. The van der Waals surface area contributed by atoms with Crippen LogP contribution in [0, 0.1) is 0 Å². The molecule has 0 spiro atoms. The average Bonchev–Trinajstić information content (AvgIpc) is 2.19. The lowest BCUT2D eigenvalue weighted by Crippen LogP contribution is -2.35. The molecule has 1 aliphatic rings. The van der Waals surface area contributed by atoms with Crippen molar-refractivity contribution in [2.45, 2.75) is 19.1 Å². The molecule has 0 amide bonds. The summed E-state index contributed by atoms with van der Waals surface area (Å²) in [7, 11) is 1.97. The summed E-state index contributed by atoms with van der Waals surface area (Å²) in [5, 5.41) is 6.40. The van der Waals surface area contributed by atoms with Gasteiger partial charge < -0.3 is 20.1 Å². The Labute approximate surface area is 80.0 Å². The number of nitrogens with one attached hydrogen (secondary N) is 2. The van der Waals surface area contributed by atoms with Gasteiger partial charge in [-0.1, -0.05) is 0 Å². The lowest BCUT2D eigenvalue weighted by atomic mass is 10.4. The third-order valence-corrected chi connectivity index (χ3v) is 1.99. The zero-order chi connectivity index (χ0) is 9.36. The van der Waals surface area contributed by atoms with Crippen LogP contribution in [0.25, 0.3) is 0 Å². The maximum Gasteiger partial charge on any atom is 0.169 e. The quantitative estimate of drug-likeness (QED) is 0.573. The fraction of sp³-hybridized carbons (Fsp3) is 1.00. The predicted octanol–water partition coefficient (Wildman–Crippen LogP) is -0.0515. The van der Waals surface area contributed by atoms with Crippen LogP contribution in [-0.4, -0.2) is 46.2 Å². The van der Waals surface area contributed by atoms with E-state index in [-0.39, 0.29) is 6.29 Å². The summed E-state index contributed by atoms with van der Waals surface area (Å²) in [5.41, 5.74) is 0. The van der Waals surface area contributed by atoms with Gasteiger partial charge in [-0.3, -0.25) is 0 Å². The van der Waals surface area contributed by atoms with Crippen LogP contribution in [-0.2, 0) is 9.47 Å². The molecule has 0 aromatic rings. The van der Waals surface area contributed by atoms with E-state index in [9.17, 15) is 0 Å². The molecule has 0 bridgehead atoms. The first-order valence-electron chi connectivity index (χ1n) is 5.02. The van der Waals surface area contributed by atoms with Gasteiger partial charge in [0.25, 0.3) is 0 Å². The molecular weight excluding hydrogens is 168 g/mol. The van der Waals surface area contributed by atoms with Crippen molar-refractivity contribution in [3.63, 3.8) is 0 Å². The Morgan fingerprint density at radius 1 is 1.23 bits per heavy atom. The van der Waals surface area contributed by atoms with Crippen molar-refractivity contribution in [2.75, 3.05) is 39.9 Å². The molecule has 4 heteroatoms. The van der Waals surface area contributed by atoms with E-state index in [0.29, 0.717) is 0 Å². The van der Waals surface area contributed by atoms with Crippen molar-refractivity contribution in [2.24, 2.45) is 0 Å². The normalized spacial score (nSPS) is 19.2. The van der Waals surface area contributed by atoms with Crippen LogP contribution in [0.15, 0.2) is 0 Å². The van der Waals surface area contributed by atoms with Crippen molar-refractivity contribution >= 4 is 0 Å². The highest BCUT2D eigenvalue weighted by Crippen LogP contribution is 2.02. The minimum absolute atomic E-state index is 0.0247. The van der Waals surface area contributed by atoms with E-state index in [1.165, 1.54) is 0 Å². The smallest absolute Gasteiger partial charge is 0.169 e. The zero-order valence-electron chi connectivity index (χ0n) is 8.34. The van der Waals surface area contributed by atoms with Crippen LogP contribution in [0.2, 0.25) is 0 Å². The van der Waals surface area contributed by atoms with Gasteiger partial charge in [0.1, 0.15) is 0 Å². The Bertz CT molecular complexity index is 116. The van der Waals surface area contributed by atoms with Crippen molar-refractivity contribution in [3.05, 3.63) is 0 Å². The van der Waals surface area contributed by atoms with E-state index in [4.69, 9.17) is 9.47 Å². The Morgan fingerprint density at radius 3 is 2.69 bits per heavy atom. The second-order valence-corrected chi connectivity index (χ2v) is 3.19. The Balaban J connectivity index is 1.86. The van der Waals surface area contributed by atoms with Crippen LogP contribution in [0.1, 0.15) is 12.8 Å². The fourth-order valence-corrected chi connectivity index (χ4v) is 1.26. The first kappa shape index (κ1) is 10.9. The number of hydrogen-bond acceptors (Lipinski definition) is 4. The first-order chi connectivity index (χ1) is 6.43. The van der Waals surface area contributed by atoms with Crippen LogP contribution in [0.4, 0.5) is 0 Å². The van der Waals surface area contributed by atoms with Crippen LogP contribution >= 0.6 is 0 Å². The predicted molar refractivity (Wildman–Crippen MR) is 51.7 cm³/mol. The number of hydrogen-bond donors (Lipinski definition) is 2. The summed E-state index contributed by atoms with van der Waals surface area (Å²) >= 11 is 0. The average molecular weight is 188 g/mol. The molecule has 0 radical (unpaired) electrons. The summed E-state index contributed by atoms with van der Waals surface area (Å²) in [6, 6.07) is 0. The lowest BCUT2D eigenvalue weighted by Gasteiger charge is -2.23. The van der Waals surface area contributed by atoms with E-state index in [1.807, 2.05) is 7.05 Å². The zero-order valence-corrected chi connectivity index (χ0v) is 8.34. The maximum atomic E-state index is 5.38. The van der Waals surface area contributed by atoms with Gasteiger partial charge in [-0.2, -0.15) is 0 Å². The molecule has 0 aliphatic carbocycles. The molecular formula is C9H20N2O2. The van der Waals surface area contributed by atoms with Crippen LogP contribution < -0.4 is 10.6 Å². The molecule has 0 saturated carbocycles. The monoisotopic (exact) mass is 188 g/mol. The maximum absolute atomic E-state index is 5.38. The summed E-state index contributed by atoms with van der Waals surface area (Å²) in [6.07, 6.45) is 2.14. The summed E-state index contributed by atoms with van der Waals surface area (Å²) < 4.78 is 10.8. The molecule has 0 aromatic heterocycles. The number of rotatable bonds is 6. The van der Waals surface area contributed by atoms with Crippen molar-refractivity contribution in [1.82, 2.24) is 10.6 Å². The van der Waals surface area contributed by atoms with Crippen LogP contribution in [0.5, 0.6) is 0 Å². The van der Waals surface area contributed by atoms with E-state index < -0.39 is 0 Å². The van der Waals surface area contributed by atoms with Gasteiger partial charge >= 0.3 is 0 Å². The summed E-state index contributed by atoms with van der Waals surface area (Å²) in [6.45, 7) is 4.55. The largest absolute Gasteiger partial charge is 0.351 e. The van der Waals surface area contributed by atoms with Gasteiger partial charge in [0.05, 0.1) is 13.2 Å². The van der Waals surface area contributed by atoms with Gasteiger partial charge in [-0.15, -0.1) is 0 Å². The van der Waals surface area contributed by atoms with Gasteiger partial charge in [-0.05, 0) is 33.0 Å². The van der Waals surface area contributed by atoms with Gasteiger partial charge in [0.2, 0.25) is 0 Å². The summed E-state index contributed by atoms with van der Waals surface area (Å²) in [4.78, 5) is 0. The van der Waals surface area contributed by atoms with Crippen molar-refractivity contribution < 1.29 is 9.47 Å². The fourth-order valence-electron chi connectivity index (χ4n) is 1.26. The standard InChI is InChI=1S/C9H20N2O2/c1-10-4-2-5-11-8-9-12-6-3-7-13-9/h9-11H,2-8H2,1H3. The molecule has 13 heavy (non-hydrogen) atoms. The third-order valence-electron chi connectivity index (χ3n) is 1.99. The topological polar surface area (TPSA) is 42.5 Å². The second kappa shape index (κ2) is 7.26. The minimum atomic E-state index is -0.0247. The molecule has 1 rings (SSSR count). The van der Waals surface area contributed by atoms with Gasteiger partial charge in [0, 0.05) is 6.54 Å². The van der Waals surface area contributed by atoms with Crippen LogP contribution in [0.3, 0.4) is 0 Å². The Hall–Kier alpha value is -0.160.